The Hall–Kier alpha value is -4.33. The highest BCUT2D eigenvalue weighted by Crippen LogP contribution is 2.62. The van der Waals surface area contributed by atoms with Gasteiger partial charge in [-0.05, 0) is 47.2 Å². The molecule has 3 nitrogen and oxygen atoms in total. The zero-order valence-electron chi connectivity index (χ0n) is 19.1. The van der Waals surface area contributed by atoms with Crippen molar-refractivity contribution >= 4 is 62.4 Å². The fraction of sp³-hybridized carbons (Fsp3) is 0. The van der Waals surface area contributed by atoms with E-state index in [2.05, 4.69) is 108 Å². The number of benzene rings is 6. The summed E-state index contributed by atoms with van der Waals surface area (Å²) in [6.45, 7) is 0. The van der Waals surface area contributed by atoms with Gasteiger partial charge in [-0.2, -0.15) is 0 Å². The third-order valence-corrected chi connectivity index (χ3v) is 10.1. The van der Waals surface area contributed by atoms with E-state index in [1.807, 2.05) is 6.07 Å². The molecule has 168 valence electrons. The Labute approximate surface area is 208 Å². The maximum Gasteiger partial charge on any atom is 0.145 e. The van der Waals surface area contributed by atoms with Crippen molar-refractivity contribution in [3.8, 4) is 23.0 Å². The van der Waals surface area contributed by atoms with E-state index in [0.29, 0.717) is 0 Å². The van der Waals surface area contributed by atoms with Crippen LogP contribution in [0.5, 0.6) is 23.0 Å². The third kappa shape index (κ3) is 2.27. The standard InChI is InChI=1S/C32H18NO2P/c1-2-11-21(12-3-1)33-24-17-19-9-4-6-13-22(19)28-30(24)36-31-25(33)18-20-10-5-7-14-23(20)29(31)35-27-16-8-15-26(34-28)32(27)36/h1-18H. The summed E-state index contributed by atoms with van der Waals surface area (Å²) in [5.41, 5.74) is 3.51. The van der Waals surface area contributed by atoms with Gasteiger partial charge in [0, 0.05) is 24.4 Å². The van der Waals surface area contributed by atoms with Crippen LogP contribution in [0.15, 0.2) is 109 Å². The van der Waals surface area contributed by atoms with Gasteiger partial charge in [0.15, 0.2) is 0 Å². The van der Waals surface area contributed by atoms with E-state index in [-0.39, 0.29) is 0 Å². The molecule has 0 fully saturated rings. The van der Waals surface area contributed by atoms with Gasteiger partial charge in [-0.1, -0.05) is 72.8 Å². The number of rotatable bonds is 1. The van der Waals surface area contributed by atoms with E-state index >= 15 is 0 Å². The molecule has 0 saturated carbocycles. The summed E-state index contributed by atoms with van der Waals surface area (Å²) in [6.07, 6.45) is 0. The summed E-state index contributed by atoms with van der Waals surface area (Å²) in [7, 11) is -0.859. The fourth-order valence-corrected chi connectivity index (χ4v) is 8.86. The van der Waals surface area contributed by atoms with Crippen LogP contribution in [0.2, 0.25) is 0 Å². The van der Waals surface area contributed by atoms with Crippen molar-refractivity contribution in [3.63, 3.8) is 0 Å². The molecule has 3 aliphatic heterocycles. The highest BCUT2D eigenvalue weighted by atomic mass is 31.1. The van der Waals surface area contributed by atoms with E-state index < -0.39 is 7.92 Å². The van der Waals surface area contributed by atoms with Crippen molar-refractivity contribution < 1.29 is 9.47 Å². The first-order valence-electron chi connectivity index (χ1n) is 12.1. The normalized spacial score (nSPS) is 14.4. The lowest BCUT2D eigenvalue weighted by atomic mass is 10.0. The number of anilines is 3. The molecule has 0 radical (unpaired) electrons. The van der Waals surface area contributed by atoms with E-state index in [4.69, 9.17) is 9.47 Å². The second-order valence-corrected chi connectivity index (χ2v) is 11.4. The minimum atomic E-state index is -0.859. The zero-order valence-corrected chi connectivity index (χ0v) is 20.0. The Balaban J connectivity index is 1.51. The van der Waals surface area contributed by atoms with Gasteiger partial charge in [-0.3, -0.25) is 0 Å². The SMILES string of the molecule is c1ccc(N2c3cc4ccccc4c4c3P3c5c(cccc5Oc5c3c2cc2ccccc52)O4)cc1. The van der Waals surface area contributed by atoms with Crippen LogP contribution in [-0.2, 0) is 0 Å². The molecule has 0 aromatic heterocycles. The highest BCUT2D eigenvalue weighted by molar-refractivity contribution is 7.81. The van der Waals surface area contributed by atoms with Crippen LogP contribution in [0.4, 0.5) is 17.1 Å². The molecule has 0 unspecified atom stereocenters. The van der Waals surface area contributed by atoms with Crippen LogP contribution in [0.1, 0.15) is 0 Å². The van der Waals surface area contributed by atoms with Crippen molar-refractivity contribution in [3.05, 3.63) is 109 Å². The second-order valence-electron chi connectivity index (χ2n) is 9.40. The summed E-state index contributed by atoms with van der Waals surface area (Å²) >= 11 is 0. The summed E-state index contributed by atoms with van der Waals surface area (Å²) in [5.74, 6) is 3.77. The molecular weight excluding hydrogens is 461 g/mol. The largest absolute Gasteiger partial charge is 0.455 e. The van der Waals surface area contributed by atoms with Gasteiger partial charge in [-0.15, -0.1) is 0 Å². The molecule has 0 N–H and O–H groups in total. The molecule has 0 saturated heterocycles. The number of hydrogen-bond donors (Lipinski definition) is 0. The molecule has 0 atom stereocenters. The maximum atomic E-state index is 6.74. The Kier molecular flexibility index (Phi) is 3.50. The van der Waals surface area contributed by atoms with E-state index in [9.17, 15) is 0 Å². The van der Waals surface area contributed by atoms with Crippen LogP contribution >= 0.6 is 7.92 Å². The number of fused-ring (bicyclic) bond motifs is 4. The lowest BCUT2D eigenvalue weighted by Crippen LogP contribution is -2.40. The van der Waals surface area contributed by atoms with Crippen LogP contribution in [0, 0.1) is 0 Å². The van der Waals surface area contributed by atoms with Crippen LogP contribution in [0.25, 0.3) is 21.5 Å². The van der Waals surface area contributed by atoms with E-state index in [1.165, 1.54) is 38.1 Å². The number of ether oxygens (including phenoxy) is 2. The smallest absolute Gasteiger partial charge is 0.145 e. The van der Waals surface area contributed by atoms with Gasteiger partial charge < -0.3 is 14.4 Å². The van der Waals surface area contributed by atoms with E-state index in [0.717, 1.165) is 39.5 Å². The summed E-state index contributed by atoms with van der Waals surface area (Å²) in [4.78, 5) is 2.40. The van der Waals surface area contributed by atoms with Crippen molar-refractivity contribution in [1.82, 2.24) is 0 Å². The summed E-state index contributed by atoms with van der Waals surface area (Å²) < 4.78 is 13.5. The molecule has 0 spiro atoms. The van der Waals surface area contributed by atoms with Gasteiger partial charge in [0.25, 0.3) is 0 Å². The Bertz CT molecular complexity index is 1800. The lowest BCUT2D eigenvalue weighted by molar-refractivity contribution is 0.472. The van der Waals surface area contributed by atoms with Crippen LogP contribution in [0.3, 0.4) is 0 Å². The fourth-order valence-electron chi connectivity index (χ4n) is 5.99. The van der Waals surface area contributed by atoms with Crippen molar-refractivity contribution in [2.75, 3.05) is 4.90 Å². The summed E-state index contributed by atoms with van der Waals surface area (Å²) in [5, 5.41) is 8.41. The van der Waals surface area contributed by atoms with Crippen molar-refractivity contribution in [2.45, 2.75) is 0 Å². The molecule has 6 aromatic rings. The topological polar surface area (TPSA) is 21.7 Å². The number of hydrogen-bond acceptors (Lipinski definition) is 3. The monoisotopic (exact) mass is 479 g/mol. The molecule has 3 heterocycles. The molecule has 6 aromatic carbocycles. The lowest BCUT2D eigenvalue weighted by Gasteiger charge is -2.44. The second kappa shape index (κ2) is 6.66. The highest BCUT2D eigenvalue weighted by Gasteiger charge is 2.46. The molecular formula is C32H18NO2P. The van der Waals surface area contributed by atoms with Gasteiger partial charge in [0.05, 0.1) is 27.3 Å². The molecule has 36 heavy (non-hydrogen) atoms. The first kappa shape index (κ1) is 18.9. The molecule has 4 heteroatoms. The average Bonchev–Trinajstić information content (AvgIpc) is 2.93. The van der Waals surface area contributed by atoms with Crippen molar-refractivity contribution in [1.29, 1.82) is 0 Å². The molecule has 0 bridgehead atoms. The number of nitrogens with zero attached hydrogens (tertiary/aromatic N) is 1. The Morgan fingerprint density at radius 3 is 1.61 bits per heavy atom. The predicted molar refractivity (Wildman–Crippen MR) is 149 cm³/mol. The quantitative estimate of drug-likeness (QED) is 0.225. The minimum absolute atomic E-state index is 0.859. The van der Waals surface area contributed by atoms with Gasteiger partial charge in [0.1, 0.15) is 23.0 Å². The van der Waals surface area contributed by atoms with Crippen molar-refractivity contribution in [2.24, 2.45) is 0 Å². The van der Waals surface area contributed by atoms with Gasteiger partial charge in [-0.25, -0.2) is 0 Å². The number of para-hydroxylation sites is 1. The van der Waals surface area contributed by atoms with Crippen LogP contribution < -0.4 is 30.3 Å². The molecule has 0 amide bonds. The van der Waals surface area contributed by atoms with Gasteiger partial charge in [0.2, 0.25) is 0 Å². The van der Waals surface area contributed by atoms with Crippen LogP contribution in [-0.4, -0.2) is 0 Å². The predicted octanol–water partition coefficient (Wildman–Crippen LogP) is 7.75. The first-order chi connectivity index (χ1) is 17.9. The Morgan fingerprint density at radius 1 is 0.500 bits per heavy atom. The third-order valence-electron chi connectivity index (χ3n) is 7.46. The molecule has 0 aliphatic carbocycles. The molecule has 3 aliphatic rings. The first-order valence-corrected chi connectivity index (χ1v) is 13.5. The maximum absolute atomic E-state index is 6.74. The minimum Gasteiger partial charge on any atom is -0.455 e. The van der Waals surface area contributed by atoms with E-state index in [1.54, 1.807) is 0 Å². The molecule has 9 rings (SSSR count). The van der Waals surface area contributed by atoms with Gasteiger partial charge >= 0.3 is 0 Å². The zero-order chi connectivity index (χ0) is 23.4. The summed E-state index contributed by atoms with van der Waals surface area (Å²) in [6, 6.07) is 38.7. The average molecular weight is 479 g/mol. The Morgan fingerprint density at radius 2 is 1.03 bits per heavy atom.